The fourth-order valence-corrected chi connectivity index (χ4v) is 3.25. The van der Waals surface area contributed by atoms with Crippen LogP contribution in [0.2, 0.25) is 0 Å². The van der Waals surface area contributed by atoms with E-state index >= 15 is 0 Å². The van der Waals surface area contributed by atoms with E-state index in [0.29, 0.717) is 5.25 Å². The first-order chi connectivity index (χ1) is 8.79. The minimum absolute atomic E-state index is 0.443. The number of rotatable bonds is 5. The Hall–Kier alpha value is -1.25. The minimum atomic E-state index is 0.443. The summed E-state index contributed by atoms with van der Waals surface area (Å²) in [5.41, 5.74) is 8.40. The molecule has 2 heteroatoms. The molecule has 0 aliphatic rings. The summed E-state index contributed by atoms with van der Waals surface area (Å²) >= 11 is 1.90. The van der Waals surface area contributed by atoms with Crippen molar-refractivity contribution in [2.24, 2.45) is 5.73 Å². The SMILES string of the molecule is Cc1cccc(SC(CCN)c2ccccc2)c1. The molecule has 1 atom stereocenters. The van der Waals surface area contributed by atoms with E-state index in [4.69, 9.17) is 5.73 Å². The van der Waals surface area contributed by atoms with E-state index in [1.165, 1.54) is 16.0 Å². The number of nitrogens with two attached hydrogens (primary N) is 1. The Balaban J connectivity index is 2.16. The monoisotopic (exact) mass is 257 g/mol. The van der Waals surface area contributed by atoms with Crippen LogP contribution in [-0.2, 0) is 0 Å². The summed E-state index contributed by atoms with van der Waals surface area (Å²) in [4.78, 5) is 1.32. The van der Waals surface area contributed by atoms with Gasteiger partial charge in [-0.2, -0.15) is 0 Å². The summed E-state index contributed by atoms with van der Waals surface area (Å²) < 4.78 is 0. The van der Waals surface area contributed by atoms with Crippen molar-refractivity contribution < 1.29 is 0 Å². The van der Waals surface area contributed by atoms with Crippen LogP contribution in [0, 0.1) is 6.92 Å². The van der Waals surface area contributed by atoms with Gasteiger partial charge < -0.3 is 5.73 Å². The molecule has 18 heavy (non-hydrogen) atoms. The Morgan fingerprint density at radius 3 is 2.50 bits per heavy atom. The lowest BCUT2D eigenvalue weighted by molar-refractivity contribution is 0.814. The average molecular weight is 257 g/mol. The molecule has 0 heterocycles. The minimum Gasteiger partial charge on any atom is -0.330 e. The highest BCUT2D eigenvalue weighted by Gasteiger charge is 2.11. The van der Waals surface area contributed by atoms with Crippen LogP contribution < -0.4 is 5.73 Å². The van der Waals surface area contributed by atoms with Gasteiger partial charge in [0.2, 0.25) is 0 Å². The molecule has 1 nitrogen and oxygen atoms in total. The molecule has 0 bridgehead atoms. The van der Waals surface area contributed by atoms with Crippen molar-refractivity contribution in [1.82, 2.24) is 0 Å². The molecule has 2 aromatic carbocycles. The molecular weight excluding hydrogens is 238 g/mol. The molecule has 0 saturated heterocycles. The summed E-state index contributed by atoms with van der Waals surface area (Å²) in [6.07, 6.45) is 1.00. The van der Waals surface area contributed by atoms with Gasteiger partial charge in [0, 0.05) is 10.1 Å². The van der Waals surface area contributed by atoms with Crippen molar-refractivity contribution in [3.8, 4) is 0 Å². The van der Waals surface area contributed by atoms with E-state index in [9.17, 15) is 0 Å². The lowest BCUT2D eigenvalue weighted by atomic mass is 10.1. The van der Waals surface area contributed by atoms with Gasteiger partial charge in [0.25, 0.3) is 0 Å². The molecule has 1 unspecified atom stereocenters. The highest BCUT2D eigenvalue weighted by atomic mass is 32.2. The van der Waals surface area contributed by atoms with Crippen LogP contribution in [0.5, 0.6) is 0 Å². The Bertz CT molecular complexity index is 481. The lowest BCUT2D eigenvalue weighted by Crippen LogP contribution is -2.04. The number of hydrogen-bond donors (Lipinski definition) is 1. The average Bonchev–Trinajstić information content (AvgIpc) is 2.39. The van der Waals surface area contributed by atoms with E-state index in [1.54, 1.807) is 0 Å². The molecular formula is C16H19NS. The van der Waals surface area contributed by atoms with Gasteiger partial charge in [0.1, 0.15) is 0 Å². The number of thioether (sulfide) groups is 1. The van der Waals surface area contributed by atoms with Crippen molar-refractivity contribution in [3.05, 3.63) is 65.7 Å². The van der Waals surface area contributed by atoms with Gasteiger partial charge in [0.15, 0.2) is 0 Å². The smallest absolute Gasteiger partial charge is 0.0356 e. The molecule has 0 aliphatic carbocycles. The maximum atomic E-state index is 5.74. The van der Waals surface area contributed by atoms with Crippen molar-refractivity contribution in [3.63, 3.8) is 0 Å². The van der Waals surface area contributed by atoms with Crippen LogP contribution >= 0.6 is 11.8 Å². The molecule has 2 N–H and O–H groups in total. The van der Waals surface area contributed by atoms with Gasteiger partial charge in [-0.05, 0) is 37.6 Å². The van der Waals surface area contributed by atoms with Crippen LogP contribution in [0.1, 0.15) is 22.8 Å². The topological polar surface area (TPSA) is 26.0 Å². The molecule has 0 radical (unpaired) electrons. The molecule has 0 aromatic heterocycles. The second-order valence-corrected chi connectivity index (χ2v) is 5.69. The van der Waals surface area contributed by atoms with E-state index in [-0.39, 0.29) is 0 Å². The third-order valence-corrected chi connectivity index (χ3v) is 4.19. The van der Waals surface area contributed by atoms with Crippen molar-refractivity contribution in [2.75, 3.05) is 6.54 Å². The van der Waals surface area contributed by atoms with Gasteiger partial charge in [0.05, 0.1) is 0 Å². The van der Waals surface area contributed by atoms with Gasteiger partial charge in [-0.1, -0.05) is 48.0 Å². The normalized spacial score (nSPS) is 12.3. The highest BCUT2D eigenvalue weighted by Crippen LogP contribution is 2.37. The molecule has 2 rings (SSSR count). The van der Waals surface area contributed by atoms with E-state index in [1.807, 2.05) is 11.8 Å². The van der Waals surface area contributed by atoms with Crippen LogP contribution in [0.25, 0.3) is 0 Å². The number of aryl methyl sites for hydroxylation is 1. The number of benzene rings is 2. The molecule has 2 aromatic rings. The predicted octanol–water partition coefficient (Wildman–Crippen LogP) is 4.18. The van der Waals surface area contributed by atoms with Crippen LogP contribution in [0.4, 0.5) is 0 Å². The Labute approximate surface area is 113 Å². The summed E-state index contributed by atoms with van der Waals surface area (Å²) in [5, 5.41) is 0.443. The zero-order valence-electron chi connectivity index (χ0n) is 10.7. The standard InChI is InChI=1S/C16H19NS/c1-13-6-5-9-15(12-13)18-16(10-11-17)14-7-3-2-4-8-14/h2-9,12,16H,10-11,17H2,1H3. The van der Waals surface area contributed by atoms with E-state index < -0.39 is 0 Å². The second-order valence-electron chi connectivity index (χ2n) is 4.41. The van der Waals surface area contributed by atoms with Crippen molar-refractivity contribution >= 4 is 11.8 Å². The van der Waals surface area contributed by atoms with Crippen LogP contribution in [-0.4, -0.2) is 6.54 Å². The quantitative estimate of drug-likeness (QED) is 0.813. The molecule has 0 fully saturated rings. The molecule has 0 saturated carbocycles. The van der Waals surface area contributed by atoms with Crippen LogP contribution in [0.15, 0.2) is 59.5 Å². The Kier molecular flexibility index (Phi) is 4.85. The highest BCUT2D eigenvalue weighted by molar-refractivity contribution is 7.99. The van der Waals surface area contributed by atoms with Gasteiger partial charge in [-0.15, -0.1) is 11.8 Å². The molecule has 0 aliphatic heterocycles. The summed E-state index contributed by atoms with van der Waals surface area (Å²) in [6, 6.07) is 19.3. The first kappa shape index (κ1) is 13.2. The van der Waals surface area contributed by atoms with Gasteiger partial charge >= 0.3 is 0 Å². The van der Waals surface area contributed by atoms with Gasteiger partial charge in [-0.25, -0.2) is 0 Å². The van der Waals surface area contributed by atoms with E-state index in [0.717, 1.165) is 13.0 Å². The lowest BCUT2D eigenvalue weighted by Gasteiger charge is -2.16. The Morgan fingerprint density at radius 2 is 1.83 bits per heavy atom. The summed E-state index contributed by atoms with van der Waals surface area (Å²) in [7, 11) is 0. The first-order valence-electron chi connectivity index (χ1n) is 6.28. The van der Waals surface area contributed by atoms with Crippen molar-refractivity contribution in [2.45, 2.75) is 23.5 Å². The van der Waals surface area contributed by atoms with Crippen LogP contribution in [0.3, 0.4) is 0 Å². The predicted molar refractivity (Wildman–Crippen MR) is 79.9 cm³/mol. The zero-order chi connectivity index (χ0) is 12.8. The summed E-state index contributed by atoms with van der Waals surface area (Å²) in [6.45, 7) is 2.85. The third kappa shape index (κ3) is 3.62. The number of hydrogen-bond acceptors (Lipinski definition) is 2. The fourth-order valence-electron chi connectivity index (χ4n) is 1.97. The maximum Gasteiger partial charge on any atom is 0.0356 e. The fraction of sp³-hybridized carbons (Fsp3) is 0.250. The maximum absolute atomic E-state index is 5.74. The molecule has 0 amide bonds. The Morgan fingerprint density at radius 1 is 1.06 bits per heavy atom. The van der Waals surface area contributed by atoms with Crippen molar-refractivity contribution in [1.29, 1.82) is 0 Å². The molecule has 0 spiro atoms. The zero-order valence-corrected chi connectivity index (χ0v) is 11.5. The third-order valence-electron chi connectivity index (χ3n) is 2.87. The summed E-state index contributed by atoms with van der Waals surface area (Å²) in [5.74, 6) is 0. The largest absolute Gasteiger partial charge is 0.330 e. The van der Waals surface area contributed by atoms with Gasteiger partial charge in [-0.3, -0.25) is 0 Å². The first-order valence-corrected chi connectivity index (χ1v) is 7.16. The molecule has 94 valence electrons. The second kappa shape index (κ2) is 6.62. The van der Waals surface area contributed by atoms with E-state index in [2.05, 4.69) is 61.5 Å².